The topological polar surface area (TPSA) is 65.1 Å². The molecule has 0 aromatic carbocycles. The molecule has 1 saturated heterocycles. The lowest BCUT2D eigenvalue weighted by atomic mass is 9.82. The molecule has 5 nitrogen and oxygen atoms in total. The van der Waals surface area contributed by atoms with Gasteiger partial charge in [0.1, 0.15) is 11.7 Å². The van der Waals surface area contributed by atoms with Gasteiger partial charge in [0, 0.05) is 26.2 Å². The van der Waals surface area contributed by atoms with Crippen LogP contribution in [0.4, 0.5) is 0 Å². The molecule has 29 heavy (non-hydrogen) atoms. The van der Waals surface area contributed by atoms with E-state index in [1.54, 1.807) is 0 Å². The number of rotatable bonds is 3. The molecule has 1 heterocycles. The molecule has 0 N–H and O–H groups in total. The monoisotopic (exact) mass is 406 g/mol. The number of carbonyl (C=O) groups is 2. The number of esters is 2. The molecule has 2 aliphatic rings. The normalized spacial score (nSPS) is 35.1. The fourth-order valence-electron chi connectivity index (χ4n) is 4.39. The van der Waals surface area contributed by atoms with E-state index in [-0.39, 0.29) is 35.7 Å². The molecule has 0 spiro atoms. The van der Waals surface area contributed by atoms with Crippen molar-refractivity contribution in [2.75, 3.05) is 0 Å². The molecule has 2 rings (SSSR count). The van der Waals surface area contributed by atoms with Crippen molar-refractivity contribution in [3.05, 3.63) is 23.3 Å². The molecule has 0 aromatic heterocycles. The summed E-state index contributed by atoms with van der Waals surface area (Å²) in [6, 6.07) is 0. The van der Waals surface area contributed by atoms with Gasteiger partial charge < -0.3 is 14.2 Å². The highest BCUT2D eigenvalue weighted by Gasteiger charge is 2.52. The van der Waals surface area contributed by atoms with Crippen LogP contribution in [0.25, 0.3) is 0 Å². The summed E-state index contributed by atoms with van der Waals surface area (Å²) in [5.74, 6) is -0.307. The first-order valence-electron chi connectivity index (χ1n) is 10.8. The van der Waals surface area contributed by atoms with Gasteiger partial charge in [0.25, 0.3) is 0 Å². The lowest BCUT2D eigenvalue weighted by Gasteiger charge is -2.33. The van der Waals surface area contributed by atoms with Crippen molar-refractivity contribution >= 4 is 11.9 Å². The van der Waals surface area contributed by atoms with Crippen LogP contribution in [-0.2, 0) is 23.8 Å². The van der Waals surface area contributed by atoms with Crippen molar-refractivity contribution in [2.45, 2.75) is 110 Å². The summed E-state index contributed by atoms with van der Waals surface area (Å²) in [6.45, 7) is 13.3. The maximum absolute atomic E-state index is 11.6. The minimum Gasteiger partial charge on any atom is -0.460 e. The van der Waals surface area contributed by atoms with E-state index < -0.39 is 5.60 Å². The summed E-state index contributed by atoms with van der Waals surface area (Å²) in [6.07, 6.45) is 9.54. The van der Waals surface area contributed by atoms with Crippen molar-refractivity contribution in [1.82, 2.24) is 0 Å². The van der Waals surface area contributed by atoms with Crippen LogP contribution >= 0.6 is 0 Å². The Morgan fingerprint density at radius 2 is 1.76 bits per heavy atom. The minimum absolute atomic E-state index is 0.203. The van der Waals surface area contributed by atoms with Gasteiger partial charge in [-0.15, -0.1) is 0 Å². The summed E-state index contributed by atoms with van der Waals surface area (Å²) >= 11 is 0. The van der Waals surface area contributed by atoms with Crippen molar-refractivity contribution in [3.8, 4) is 0 Å². The third kappa shape index (κ3) is 7.29. The molecule has 1 aliphatic carbocycles. The molecule has 4 atom stereocenters. The van der Waals surface area contributed by atoms with Crippen LogP contribution in [0.2, 0.25) is 0 Å². The first-order chi connectivity index (χ1) is 13.4. The zero-order valence-corrected chi connectivity index (χ0v) is 19.2. The lowest BCUT2D eigenvalue weighted by molar-refractivity contribution is -0.159. The van der Waals surface area contributed by atoms with E-state index in [0.717, 1.165) is 32.1 Å². The number of epoxide rings is 1. The van der Waals surface area contributed by atoms with Crippen LogP contribution in [0.5, 0.6) is 0 Å². The molecule has 0 saturated carbocycles. The van der Waals surface area contributed by atoms with Gasteiger partial charge in [-0.1, -0.05) is 17.2 Å². The maximum Gasteiger partial charge on any atom is 0.303 e. The van der Waals surface area contributed by atoms with E-state index in [1.807, 2.05) is 13.8 Å². The van der Waals surface area contributed by atoms with E-state index in [9.17, 15) is 9.59 Å². The predicted molar refractivity (Wildman–Crippen MR) is 113 cm³/mol. The molecule has 0 bridgehead atoms. The van der Waals surface area contributed by atoms with E-state index in [2.05, 4.69) is 32.9 Å². The van der Waals surface area contributed by atoms with E-state index >= 15 is 0 Å². The summed E-state index contributed by atoms with van der Waals surface area (Å²) in [5.41, 5.74) is 1.76. The molecule has 0 radical (unpaired) electrons. The van der Waals surface area contributed by atoms with Crippen LogP contribution in [0, 0.1) is 5.92 Å². The highest BCUT2D eigenvalue weighted by atomic mass is 16.6. The molecular formula is C24H38O5. The number of hydrogen-bond donors (Lipinski definition) is 0. The Bertz CT molecular complexity index is 675. The highest BCUT2D eigenvalue weighted by molar-refractivity contribution is 5.66. The van der Waals surface area contributed by atoms with Crippen LogP contribution in [-0.4, -0.2) is 35.3 Å². The molecular weight excluding hydrogens is 368 g/mol. The number of fused-ring (bicyclic) bond motifs is 1. The Morgan fingerprint density at radius 1 is 1.10 bits per heavy atom. The number of allylic oxidation sites excluding steroid dienone is 3. The zero-order valence-electron chi connectivity index (χ0n) is 19.2. The van der Waals surface area contributed by atoms with Crippen molar-refractivity contribution < 1.29 is 23.8 Å². The SMILES string of the molecule is CC(=O)OC1/C=C(\C)CCC(C(C)(C)OC(C)=O)C/C=C(\C)CCC2OC2(C)C1. The second-order valence-corrected chi connectivity index (χ2v) is 9.54. The average Bonchev–Trinajstić information content (AvgIpc) is 3.19. The Labute approximate surface area is 175 Å². The quantitative estimate of drug-likeness (QED) is 0.362. The Balaban J connectivity index is 2.23. The Kier molecular flexibility index (Phi) is 7.72. The van der Waals surface area contributed by atoms with Gasteiger partial charge in [0.05, 0.1) is 11.7 Å². The number of ether oxygens (including phenoxy) is 3. The minimum atomic E-state index is -0.534. The van der Waals surface area contributed by atoms with E-state index in [1.165, 1.54) is 25.0 Å². The largest absolute Gasteiger partial charge is 0.460 e. The number of carbonyl (C=O) groups excluding carboxylic acids is 2. The van der Waals surface area contributed by atoms with Gasteiger partial charge in [0.2, 0.25) is 0 Å². The standard InChI is InChI=1S/C24H38O5/c1-16-8-11-20(23(5,6)28-19(4)26)12-9-17(2)14-21(27-18(3)25)15-24(7)22(29-24)13-10-16/h8,14,20-22H,9-13,15H2,1-7H3/b16-8+,17-14+. The fraction of sp³-hybridized carbons (Fsp3) is 0.750. The van der Waals surface area contributed by atoms with Crippen LogP contribution in [0.1, 0.15) is 87.0 Å². The van der Waals surface area contributed by atoms with Crippen molar-refractivity contribution in [1.29, 1.82) is 0 Å². The first kappa shape index (κ1) is 23.7. The van der Waals surface area contributed by atoms with Gasteiger partial charge in [-0.2, -0.15) is 0 Å². The highest BCUT2D eigenvalue weighted by Crippen LogP contribution is 2.44. The Hall–Kier alpha value is -1.62. The molecule has 0 amide bonds. The second-order valence-electron chi connectivity index (χ2n) is 9.54. The summed E-state index contributed by atoms with van der Waals surface area (Å²) < 4.78 is 17.2. The first-order valence-corrected chi connectivity index (χ1v) is 10.8. The van der Waals surface area contributed by atoms with Gasteiger partial charge >= 0.3 is 11.9 Å². The van der Waals surface area contributed by atoms with E-state index in [4.69, 9.17) is 14.2 Å². The van der Waals surface area contributed by atoms with Crippen molar-refractivity contribution in [3.63, 3.8) is 0 Å². The fourth-order valence-corrected chi connectivity index (χ4v) is 4.39. The van der Waals surface area contributed by atoms with Crippen LogP contribution in [0.3, 0.4) is 0 Å². The summed E-state index contributed by atoms with van der Waals surface area (Å²) in [5, 5.41) is 0. The Morgan fingerprint density at radius 3 is 2.38 bits per heavy atom. The van der Waals surface area contributed by atoms with E-state index in [0.29, 0.717) is 6.42 Å². The van der Waals surface area contributed by atoms with Crippen LogP contribution in [0.15, 0.2) is 23.3 Å². The number of hydrogen-bond acceptors (Lipinski definition) is 5. The summed E-state index contributed by atoms with van der Waals surface area (Å²) in [4.78, 5) is 23.2. The van der Waals surface area contributed by atoms with Gasteiger partial charge in [-0.25, -0.2) is 0 Å². The van der Waals surface area contributed by atoms with Gasteiger partial charge in [-0.05, 0) is 72.8 Å². The third-order valence-electron chi connectivity index (χ3n) is 6.26. The second kappa shape index (κ2) is 9.46. The summed E-state index contributed by atoms with van der Waals surface area (Å²) in [7, 11) is 0. The smallest absolute Gasteiger partial charge is 0.303 e. The molecule has 4 unspecified atom stereocenters. The molecule has 164 valence electrons. The lowest BCUT2D eigenvalue weighted by Crippen LogP contribution is -2.36. The average molecular weight is 407 g/mol. The van der Waals surface area contributed by atoms with Gasteiger partial charge in [-0.3, -0.25) is 9.59 Å². The maximum atomic E-state index is 11.6. The predicted octanol–water partition coefficient (Wildman–Crippen LogP) is 5.28. The van der Waals surface area contributed by atoms with Crippen LogP contribution < -0.4 is 0 Å². The third-order valence-corrected chi connectivity index (χ3v) is 6.26. The van der Waals surface area contributed by atoms with Crippen molar-refractivity contribution in [2.24, 2.45) is 5.92 Å². The molecule has 5 heteroatoms. The molecule has 1 aliphatic heterocycles. The molecule has 0 aromatic rings. The zero-order chi connectivity index (χ0) is 21.8. The molecule has 1 fully saturated rings. The van der Waals surface area contributed by atoms with Gasteiger partial charge in [0.15, 0.2) is 0 Å².